The van der Waals surface area contributed by atoms with Crippen molar-refractivity contribution in [1.29, 1.82) is 0 Å². The lowest BCUT2D eigenvalue weighted by atomic mass is 10.1. The molecule has 0 radical (unpaired) electrons. The van der Waals surface area contributed by atoms with Gasteiger partial charge in [0.25, 0.3) is 5.91 Å². The fourth-order valence-corrected chi connectivity index (χ4v) is 4.57. The van der Waals surface area contributed by atoms with Crippen LogP contribution >= 0.6 is 23.4 Å². The van der Waals surface area contributed by atoms with Crippen LogP contribution < -0.4 is 15.9 Å². The highest BCUT2D eigenvalue weighted by Crippen LogP contribution is 2.31. The standard InChI is InChI=1S/C24H17ClN4O3S/c25-17-11-5-14(6-12-17)13-33-24-27-22(30)20-18-3-1-2-4-19(18)26-21(29(20)28-24)15-7-9-16(10-8-15)23(31)32/h1-12,21H,13H2,(H,31,32)(H,27,28,30). The normalized spacial score (nSPS) is 16.8. The predicted molar refractivity (Wildman–Crippen MR) is 127 cm³/mol. The summed E-state index contributed by atoms with van der Waals surface area (Å²) >= 11 is 7.36. The molecule has 5 rings (SSSR count). The van der Waals surface area contributed by atoms with Gasteiger partial charge in [0.15, 0.2) is 11.3 Å². The van der Waals surface area contributed by atoms with Crippen molar-refractivity contribution in [2.24, 2.45) is 10.1 Å². The van der Waals surface area contributed by atoms with Crippen molar-refractivity contribution in [3.8, 4) is 0 Å². The van der Waals surface area contributed by atoms with Crippen LogP contribution in [0.4, 0.5) is 0 Å². The molecule has 7 nitrogen and oxygen atoms in total. The molecule has 1 atom stereocenters. The van der Waals surface area contributed by atoms with Crippen LogP contribution in [0.2, 0.25) is 5.02 Å². The Kier molecular flexibility index (Phi) is 5.62. The number of nitrogens with one attached hydrogen (secondary N) is 1. The first kappa shape index (κ1) is 21.2. The van der Waals surface area contributed by atoms with Crippen LogP contribution in [-0.4, -0.2) is 27.2 Å². The molecule has 2 aliphatic rings. The van der Waals surface area contributed by atoms with Crippen molar-refractivity contribution in [3.05, 3.63) is 105 Å². The number of hydrogen-bond acceptors (Lipinski definition) is 6. The second-order valence-electron chi connectivity index (χ2n) is 7.41. The highest BCUT2D eigenvalue weighted by molar-refractivity contribution is 8.13. The van der Waals surface area contributed by atoms with E-state index in [9.17, 15) is 14.7 Å². The SMILES string of the molecule is O=C1NC(SCc2ccc(Cl)cc2)=NN2C1=c1ccccc1=NC2c1ccc(C(=O)O)cc1. The second-order valence-corrected chi connectivity index (χ2v) is 8.82. The summed E-state index contributed by atoms with van der Waals surface area (Å²) in [6, 6.07) is 21.3. The molecule has 3 aromatic carbocycles. The lowest BCUT2D eigenvalue weighted by molar-refractivity contribution is -0.116. The van der Waals surface area contributed by atoms with E-state index in [2.05, 4.69) is 5.32 Å². The molecule has 1 amide bonds. The Hall–Kier alpha value is -3.62. The van der Waals surface area contributed by atoms with Crippen LogP contribution in [0.5, 0.6) is 0 Å². The fraction of sp³-hybridized carbons (Fsp3) is 0.0833. The number of rotatable bonds is 4. The molecule has 1 unspecified atom stereocenters. The molecule has 0 aromatic heterocycles. The Morgan fingerprint density at radius 3 is 2.52 bits per heavy atom. The molecule has 3 aromatic rings. The molecular formula is C24H17ClN4O3S. The smallest absolute Gasteiger partial charge is 0.335 e. The predicted octanol–water partition coefficient (Wildman–Crippen LogP) is 3.11. The minimum Gasteiger partial charge on any atom is -0.478 e. The van der Waals surface area contributed by atoms with Gasteiger partial charge in [0, 0.05) is 16.0 Å². The Balaban J connectivity index is 1.54. The van der Waals surface area contributed by atoms with Crippen LogP contribution in [0.3, 0.4) is 0 Å². The van der Waals surface area contributed by atoms with E-state index in [-0.39, 0.29) is 11.5 Å². The molecule has 0 fully saturated rings. The van der Waals surface area contributed by atoms with Crippen LogP contribution in [0.25, 0.3) is 5.70 Å². The Morgan fingerprint density at radius 2 is 1.79 bits per heavy atom. The number of hydrazone groups is 1. The zero-order valence-electron chi connectivity index (χ0n) is 17.1. The molecule has 0 spiro atoms. The number of amides is 1. The summed E-state index contributed by atoms with van der Waals surface area (Å²) < 4.78 is 0. The van der Waals surface area contributed by atoms with Gasteiger partial charge in [-0.15, -0.1) is 5.10 Å². The molecule has 33 heavy (non-hydrogen) atoms. The zero-order valence-corrected chi connectivity index (χ0v) is 18.7. The highest BCUT2D eigenvalue weighted by atomic mass is 35.5. The summed E-state index contributed by atoms with van der Waals surface area (Å²) in [5.74, 6) is -0.667. The summed E-state index contributed by atoms with van der Waals surface area (Å²) in [6.45, 7) is 0. The summed E-state index contributed by atoms with van der Waals surface area (Å²) in [5, 5.41) is 20.9. The van der Waals surface area contributed by atoms with E-state index in [4.69, 9.17) is 21.7 Å². The van der Waals surface area contributed by atoms with E-state index in [1.165, 1.54) is 23.9 Å². The highest BCUT2D eigenvalue weighted by Gasteiger charge is 2.34. The van der Waals surface area contributed by atoms with Gasteiger partial charge in [-0.3, -0.25) is 15.1 Å². The van der Waals surface area contributed by atoms with Gasteiger partial charge in [-0.2, -0.15) is 0 Å². The first-order chi connectivity index (χ1) is 16.0. The van der Waals surface area contributed by atoms with Gasteiger partial charge in [0.05, 0.1) is 10.9 Å². The molecular weight excluding hydrogens is 460 g/mol. The van der Waals surface area contributed by atoms with Gasteiger partial charge in [-0.05, 0) is 41.5 Å². The number of halogens is 1. The van der Waals surface area contributed by atoms with Crippen molar-refractivity contribution in [3.63, 3.8) is 0 Å². The van der Waals surface area contributed by atoms with Crippen LogP contribution in [0.15, 0.2) is 82.9 Å². The first-order valence-electron chi connectivity index (χ1n) is 10.1. The van der Waals surface area contributed by atoms with E-state index in [1.54, 1.807) is 17.1 Å². The number of carbonyl (C=O) groups is 2. The van der Waals surface area contributed by atoms with Crippen molar-refractivity contribution in [2.75, 3.05) is 0 Å². The Labute approximate surface area is 198 Å². The van der Waals surface area contributed by atoms with Gasteiger partial charge >= 0.3 is 5.97 Å². The number of carboxylic acids is 1. The average Bonchev–Trinajstić information content (AvgIpc) is 2.83. The van der Waals surface area contributed by atoms with Crippen molar-refractivity contribution in [1.82, 2.24) is 10.3 Å². The van der Waals surface area contributed by atoms with Crippen LogP contribution in [0.1, 0.15) is 27.7 Å². The number of carbonyl (C=O) groups excluding carboxylic acids is 1. The van der Waals surface area contributed by atoms with Crippen LogP contribution in [0, 0.1) is 0 Å². The second kappa shape index (κ2) is 8.73. The van der Waals surface area contributed by atoms with E-state index < -0.39 is 12.1 Å². The number of benzene rings is 3. The summed E-state index contributed by atoms with van der Waals surface area (Å²) in [7, 11) is 0. The van der Waals surface area contributed by atoms with Gasteiger partial charge in [-0.25, -0.2) is 9.80 Å². The van der Waals surface area contributed by atoms with E-state index in [0.717, 1.165) is 11.1 Å². The fourth-order valence-electron chi connectivity index (χ4n) is 3.64. The molecule has 2 heterocycles. The van der Waals surface area contributed by atoms with Crippen molar-refractivity contribution >= 4 is 46.1 Å². The summed E-state index contributed by atoms with van der Waals surface area (Å²) in [4.78, 5) is 29.2. The molecule has 0 saturated heterocycles. The number of hydrogen-bond donors (Lipinski definition) is 2. The maximum absolute atomic E-state index is 13.2. The molecule has 0 aliphatic carbocycles. The van der Waals surface area contributed by atoms with Gasteiger partial charge in [0.2, 0.25) is 0 Å². The zero-order chi connectivity index (χ0) is 22.9. The Bertz CT molecular complexity index is 1400. The topological polar surface area (TPSA) is 94.4 Å². The molecule has 2 aliphatic heterocycles. The summed E-state index contributed by atoms with van der Waals surface area (Å²) in [5.41, 5.74) is 2.36. The average molecular weight is 477 g/mol. The monoisotopic (exact) mass is 476 g/mol. The number of carboxylic acid groups (broad SMARTS) is 1. The number of amidine groups is 1. The van der Waals surface area contributed by atoms with Gasteiger partial charge in [-0.1, -0.05) is 65.8 Å². The van der Waals surface area contributed by atoms with Crippen molar-refractivity contribution in [2.45, 2.75) is 11.9 Å². The minimum atomic E-state index is -1.00. The quantitative estimate of drug-likeness (QED) is 0.603. The number of nitrogens with zero attached hydrogens (tertiary/aromatic N) is 3. The van der Waals surface area contributed by atoms with Gasteiger partial charge < -0.3 is 5.11 Å². The van der Waals surface area contributed by atoms with E-state index in [1.807, 2.05) is 48.5 Å². The molecule has 2 N–H and O–H groups in total. The van der Waals surface area contributed by atoms with Crippen LogP contribution in [-0.2, 0) is 10.5 Å². The third-order valence-electron chi connectivity index (χ3n) is 5.26. The molecule has 0 bridgehead atoms. The Morgan fingerprint density at radius 1 is 1.06 bits per heavy atom. The lowest BCUT2D eigenvalue weighted by Crippen LogP contribution is -2.50. The third-order valence-corrected chi connectivity index (χ3v) is 6.45. The van der Waals surface area contributed by atoms with Crippen molar-refractivity contribution < 1.29 is 14.7 Å². The third kappa shape index (κ3) is 4.22. The number of aromatic carboxylic acids is 1. The molecule has 164 valence electrons. The van der Waals surface area contributed by atoms with E-state index >= 15 is 0 Å². The summed E-state index contributed by atoms with van der Waals surface area (Å²) in [6.07, 6.45) is -0.602. The molecule has 0 saturated carbocycles. The maximum atomic E-state index is 13.2. The largest absolute Gasteiger partial charge is 0.478 e. The minimum absolute atomic E-state index is 0.179. The van der Waals surface area contributed by atoms with Gasteiger partial charge in [0.1, 0.15) is 5.70 Å². The first-order valence-corrected chi connectivity index (χ1v) is 11.4. The number of fused-ring (bicyclic) bond motifs is 2. The van der Waals surface area contributed by atoms with E-state index in [0.29, 0.717) is 32.2 Å². The lowest BCUT2D eigenvalue weighted by Gasteiger charge is -2.34. The number of thioether (sulfide) groups is 1. The molecule has 9 heteroatoms. The number of para-hydroxylation sites is 1. The maximum Gasteiger partial charge on any atom is 0.335 e.